The van der Waals surface area contributed by atoms with E-state index in [4.69, 9.17) is 33.2 Å². The maximum absolute atomic E-state index is 12.3. The minimum atomic E-state index is -0.722. The SMILES string of the molecule is CC1(C)CCc2c(Oc3c(Cl)cc(N4C=C(C#N)C(=O)NC4=C=O)cc3Cl)n[nH]c(=O)c21. The zero-order valence-electron chi connectivity index (χ0n) is 16.9. The monoisotopic (exact) mass is 471 g/mol. The molecule has 32 heavy (non-hydrogen) atoms. The first kappa shape index (κ1) is 21.7. The average Bonchev–Trinajstić information content (AvgIpc) is 3.08. The van der Waals surface area contributed by atoms with Gasteiger partial charge in [-0.25, -0.2) is 9.89 Å². The number of anilines is 1. The lowest BCUT2D eigenvalue weighted by molar-refractivity contribution is -0.116. The summed E-state index contributed by atoms with van der Waals surface area (Å²) >= 11 is 12.8. The number of nitrogens with one attached hydrogen (secondary N) is 2. The van der Waals surface area contributed by atoms with Gasteiger partial charge in [0.05, 0.1) is 15.7 Å². The van der Waals surface area contributed by atoms with Crippen molar-refractivity contribution in [1.29, 1.82) is 5.26 Å². The highest BCUT2D eigenvalue weighted by Crippen LogP contribution is 2.44. The number of hydrogen-bond acceptors (Lipinski definition) is 7. The van der Waals surface area contributed by atoms with Crippen molar-refractivity contribution in [1.82, 2.24) is 15.5 Å². The first-order valence-electron chi connectivity index (χ1n) is 9.43. The Morgan fingerprint density at radius 1 is 1.25 bits per heavy atom. The standard InChI is InChI=1S/C21H15Cl2N5O4/c1-21(2)4-3-12-16(21)19(31)26-27-20(12)32-17-13(22)5-11(6-14(17)23)28-8-10(7-24)18(30)25-15(28)9-29/h5-6,8H,3-4H2,1-2H3,(H,25,30)(H,26,31). The van der Waals surface area contributed by atoms with Crippen molar-refractivity contribution in [3.8, 4) is 17.7 Å². The number of nitriles is 1. The molecule has 2 aromatic rings. The number of hydrogen-bond donors (Lipinski definition) is 2. The Labute approximate surface area is 191 Å². The number of fused-ring (bicyclic) bond motifs is 1. The molecule has 0 radical (unpaired) electrons. The molecule has 1 aromatic heterocycles. The van der Waals surface area contributed by atoms with E-state index in [1.165, 1.54) is 23.2 Å². The van der Waals surface area contributed by atoms with Gasteiger partial charge in [0.25, 0.3) is 11.5 Å². The smallest absolute Gasteiger partial charge is 0.269 e. The van der Waals surface area contributed by atoms with E-state index in [0.717, 1.165) is 6.42 Å². The Morgan fingerprint density at radius 3 is 2.56 bits per heavy atom. The lowest BCUT2D eigenvalue weighted by Gasteiger charge is -2.26. The second kappa shape index (κ2) is 7.84. The maximum atomic E-state index is 12.3. The lowest BCUT2D eigenvalue weighted by Crippen LogP contribution is -2.38. The van der Waals surface area contributed by atoms with Crippen molar-refractivity contribution in [2.24, 2.45) is 0 Å². The van der Waals surface area contributed by atoms with Crippen molar-refractivity contribution in [3.05, 3.63) is 61.3 Å². The third-order valence-corrected chi connectivity index (χ3v) is 5.94. The van der Waals surface area contributed by atoms with Gasteiger partial charge in [0.15, 0.2) is 11.7 Å². The van der Waals surface area contributed by atoms with E-state index in [1.807, 2.05) is 13.8 Å². The van der Waals surface area contributed by atoms with Gasteiger partial charge < -0.3 is 4.74 Å². The minimum Gasteiger partial charge on any atom is -0.434 e. The highest BCUT2D eigenvalue weighted by Gasteiger charge is 2.36. The molecule has 4 rings (SSSR count). The Balaban J connectivity index is 1.75. The molecule has 0 bridgehead atoms. The summed E-state index contributed by atoms with van der Waals surface area (Å²) in [5.74, 6) is 0.964. The van der Waals surface area contributed by atoms with Gasteiger partial charge >= 0.3 is 0 Å². The van der Waals surface area contributed by atoms with Crippen LogP contribution in [-0.2, 0) is 21.4 Å². The Hall–Kier alpha value is -3.57. The number of aromatic amines is 1. The van der Waals surface area contributed by atoms with Crippen LogP contribution >= 0.6 is 23.2 Å². The molecule has 9 nitrogen and oxygen atoms in total. The molecule has 1 aliphatic heterocycles. The molecule has 1 aromatic carbocycles. The van der Waals surface area contributed by atoms with Crippen molar-refractivity contribution in [2.45, 2.75) is 32.1 Å². The quantitative estimate of drug-likeness (QED) is 0.657. The van der Waals surface area contributed by atoms with Crippen LogP contribution in [0, 0.1) is 11.3 Å². The van der Waals surface area contributed by atoms with Gasteiger partial charge in [-0.2, -0.15) is 5.26 Å². The maximum Gasteiger partial charge on any atom is 0.269 e. The third kappa shape index (κ3) is 3.55. The number of rotatable bonds is 3. The highest BCUT2D eigenvalue weighted by atomic mass is 35.5. The van der Waals surface area contributed by atoms with Crippen molar-refractivity contribution < 1.29 is 14.3 Å². The van der Waals surface area contributed by atoms with Gasteiger partial charge in [0.1, 0.15) is 11.6 Å². The molecule has 0 spiro atoms. The van der Waals surface area contributed by atoms with E-state index in [9.17, 15) is 14.4 Å². The Kier molecular flexibility index (Phi) is 5.31. The summed E-state index contributed by atoms with van der Waals surface area (Å²) in [7, 11) is 0. The van der Waals surface area contributed by atoms with Crippen molar-refractivity contribution in [2.75, 3.05) is 4.90 Å². The zero-order chi connectivity index (χ0) is 23.2. The number of aromatic nitrogens is 2. The summed E-state index contributed by atoms with van der Waals surface area (Å²) < 4.78 is 5.90. The second-order valence-electron chi connectivity index (χ2n) is 7.87. The van der Waals surface area contributed by atoms with Gasteiger partial charge in [-0.05, 0) is 30.4 Å². The molecule has 2 aliphatic rings. The molecular weight excluding hydrogens is 457 g/mol. The van der Waals surface area contributed by atoms with E-state index in [0.29, 0.717) is 23.2 Å². The van der Waals surface area contributed by atoms with Gasteiger partial charge in [-0.1, -0.05) is 37.0 Å². The van der Waals surface area contributed by atoms with Crippen LogP contribution in [-0.4, -0.2) is 22.0 Å². The summed E-state index contributed by atoms with van der Waals surface area (Å²) in [6.07, 6.45) is 2.56. The molecule has 0 fully saturated rings. The van der Waals surface area contributed by atoms with Crippen LogP contribution in [0.5, 0.6) is 11.6 Å². The molecule has 0 unspecified atom stereocenters. The fraction of sp³-hybridized carbons (Fsp3) is 0.238. The van der Waals surface area contributed by atoms with Gasteiger partial charge in [-0.3, -0.25) is 19.8 Å². The Morgan fingerprint density at radius 2 is 1.94 bits per heavy atom. The highest BCUT2D eigenvalue weighted by molar-refractivity contribution is 6.37. The molecule has 2 heterocycles. The van der Waals surface area contributed by atoms with Crippen LogP contribution in [0.25, 0.3) is 0 Å². The number of benzene rings is 1. The normalized spacial score (nSPS) is 16.6. The number of H-pyrrole nitrogens is 1. The fourth-order valence-corrected chi connectivity index (χ4v) is 4.34. The zero-order valence-corrected chi connectivity index (χ0v) is 18.4. The van der Waals surface area contributed by atoms with Gasteiger partial charge in [-0.15, -0.1) is 5.10 Å². The predicted octanol–water partition coefficient (Wildman–Crippen LogP) is 3.11. The van der Waals surface area contributed by atoms with E-state index in [1.54, 1.807) is 12.0 Å². The van der Waals surface area contributed by atoms with Crippen molar-refractivity contribution >= 4 is 40.7 Å². The number of ether oxygens (including phenoxy) is 1. The molecule has 1 amide bonds. The third-order valence-electron chi connectivity index (χ3n) is 5.38. The predicted molar refractivity (Wildman–Crippen MR) is 116 cm³/mol. The first-order valence-corrected chi connectivity index (χ1v) is 10.2. The van der Waals surface area contributed by atoms with Crippen LogP contribution in [0.3, 0.4) is 0 Å². The molecule has 0 atom stereocenters. The fourth-order valence-electron chi connectivity index (χ4n) is 3.79. The molecular formula is C21H15Cl2N5O4. The van der Waals surface area contributed by atoms with Crippen LogP contribution in [0.1, 0.15) is 31.4 Å². The molecule has 0 saturated heterocycles. The molecule has 11 heteroatoms. The Bertz CT molecular complexity index is 1330. The van der Waals surface area contributed by atoms with E-state index in [-0.39, 0.29) is 44.0 Å². The average molecular weight is 472 g/mol. The van der Waals surface area contributed by atoms with Crippen LogP contribution in [0.2, 0.25) is 10.0 Å². The van der Waals surface area contributed by atoms with Gasteiger partial charge in [0, 0.05) is 17.3 Å². The van der Waals surface area contributed by atoms with Crippen LogP contribution in [0.15, 0.2) is 34.5 Å². The number of carbonyl (C=O) groups excluding carboxylic acids is 2. The van der Waals surface area contributed by atoms with Gasteiger partial charge in [0.2, 0.25) is 11.7 Å². The topological polar surface area (TPSA) is 128 Å². The summed E-state index contributed by atoms with van der Waals surface area (Å²) in [4.78, 5) is 36.6. The molecule has 0 saturated carbocycles. The first-order chi connectivity index (χ1) is 15.2. The number of nitrogens with zero attached hydrogens (tertiary/aromatic N) is 3. The molecule has 1 aliphatic carbocycles. The number of halogens is 2. The van der Waals surface area contributed by atoms with Crippen molar-refractivity contribution in [3.63, 3.8) is 0 Å². The van der Waals surface area contributed by atoms with Crippen LogP contribution < -0.4 is 20.5 Å². The summed E-state index contributed by atoms with van der Waals surface area (Å²) in [6.45, 7) is 3.95. The molecule has 2 N–H and O–H groups in total. The largest absolute Gasteiger partial charge is 0.434 e. The summed E-state index contributed by atoms with van der Waals surface area (Å²) in [5, 5.41) is 18.0. The number of amides is 1. The van der Waals surface area contributed by atoms with E-state index < -0.39 is 5.91 Å². The van der Waals surface area contributed by atoms with Crippen LogP contribution in [0.4, 0.5) is 5.69 Å². The second-order valence-corrected chi connectivity index (χ2v) is 8.68. The minimum absolute atomic E-state index is 0.0839. The molecule has 162 valence electrons. The van der Waals surface area contributed by atoms with E-state index in [2.05, 4.69) is 15.5 Å². The number of carbonyl (C=O) groups is 1. The summed E-state index contributed by atoms with van der Waals surface area (Å²) in [6, 6.07) is 4.63. The lowest BCUT2D eigenvalue weighted by atomic mass is 9.88. The van der Waals surface area contributed by atoms with E-state index >= 15 is 0 Å². The summed E-state index contributed by atoms with van der Waals surface area (Å²) in [5.41, 5.74) is 0.809.